The first kappa shape index (κ1) is 54.2. The standard InChI is InChI=1S/3C17H32N3.Y/c3*1-3-18-17(19-4-2)20(15-11-7-5-8-12-15)16-13-9-6-10-14-16;/h3*15-16H,3-14H2,1-2H3;/q3*-1;+3. The van der Waals surface area contributed by atoms with Crippen molar-refractivity contribution in [2.75, 3.05) is 39.3 Å². The molecule has 0 radical (unpaired) electrons. The first-order chi connectivity index (χ1) is 29.6. The molecule has 0 aromatic rings. The Morgan fingerprint density at radius 2 is 0.475 bits per heavy atom. The van der Waals surface area contributed by atoms with E-state index in [1.54, 1.807) is 0 Å². The van der Waals surface area contributed by atoms with Gasteiger partial charge in [0.05, 0.1) is 0 Å². The third kappa shape index (κ3) is 18.7. The summed E-state index contributed by atoms with van der Waals surface area (Å²) in [6, 6.07) is 4.21. The maximum absolute atomic E-state index is 4.74. The zero-order valence-corrected chi connectivity index (χ0v) is 43.9. The van der Waals surface area contributed by atoms with Gasteiger partial charge in [-0.05, 0) is 153 Å². The van der Waals surface area contributed by atoms with Crippen LogP contribution in [0.15, 0.2) is 15.0 Å². The average molecular weight is 924 g/mol. The summed E-state index contributed by atoms with van der Waals surface area (Å²) < 4.78 is 0. The van der Waals surface area contributed by atoms with Gasteiger partial charge in [-0.3, -0.25) is 0 Å². The monoisotopic (exact) mass is 924 g/mol. The summed E-state index contributed by atoms with van der Waals surface area (Å²) in [5.41, 5.74) is 0. The molecular weight excluding hydrogens is 828 g/mol. The van der Waals surface area contributed by atoms with Crippen molar-refractivity contribution < 1.29 is 32.7 Å². The van der Waals surface area contributed by atoms with Crippen LogP contribution in [-0.2, 0) is 32.7 Å². The topological polar surface area (TPSA) is 89.1 Å². The summed E-state index contributed by atoms with van der Waals surface area (Å²) in [6.07, 6.45) is 41.3. The zero-order chi connectivity index (χ0) is 42.6. The number of aliphatic imine (C=N–C) groups is 3. The van der Waals surface area contributed by atoms with Gasteiger partial charge in [-0.25, -0.2) is 0 Å². The van der Waals surface area contributed by atoms with Crippen LogP contribution in [0.3, 0.4) is 0 Å². The molecule has 61 heavy (non-hydrogen) atoms. The van der Waals surface area contributed by atoms with Gasteiger partial charge in [-0.15, -0.1) is 0 Å². The van der Waals surface area contributed by atoms with E-state index in [2.05, 4.69) is 56.2 Å². The fourth-order valence-corrected chi connectivity index (χ4v) is 11.5. The fourth-order valence-electron chi connectivity index (χ4n) is 11.5. The van der Waals surface area contributed by atoms with E-state index in [-0.39, 0.29) is 32.7 Å². The molecule has 0 aromatic heterocycles. The Kier molecular flexibility index (Phi) is 29.7. The van der Waals surface area contributed by atoms with Crippen molar-refractivity contribution in [3.05, 3.63) is 16.0 Å². The molecule has 0 saturated heterocycles. The van der Waals surface area contributed by atoms with Gasteiger partial charge in [0.15, 0.2) is 0 Å². The fraction of sp³-hybridized carbons (Fsp3) is 0.941. The largest absolute Gasteiger partial charge is 3.00 e. The summed E-state index contributed by atoms with van der Waals surface area (Å²) in [5.74, 6) is 3.19. The van der Waals surface area contributed by atoms with Crippen molar-refractivity contribution in [3.8, 4) is 0 Å². The van der Waals surface area contributed by atoms with Gasteiger partial charge < -0.3 is 45.6 Å². The van der Waals surface area contributed by atoms with Gasteiger partial charge in [0.1, 0.15) is 0 Å². The maximum atomic E-state index is 4.74. The molecule has 0 aliphatic heterocycles. The molecule has 0 N–H and O–H groups in total. The summed E-state index contributed by atoms with van der Waals surface area (Å²) >= 11 is 0. The summed E-state index contributed by atoms with van der Waals surface area (Å²) in [7, 11) is 0. The smallest absolute Gasteiger partial charge is 0.420 e. The Balaban J connectivity index is 0.000000242. The first-order valence-corrected chi connectivity index (χ1v) is 26.6. The van der Waals surface area contributed by atoms with Crippen LogP contribution in [0.2, 0.25) is 0 Å². The van der Waals surface area contributed by atoms with Crippen molar-refractivity contribution in [2.24, 2.45) is 15.0 Å². The Morgan fingerprint density at radius 1 is 0.311 bits per heavy atom. The van der Waals surface area contributed by atoms with Crippen molar-refractivity contribution >= 4 is 17.9 Å². The molecule has 0 bridgehead atoms. The molecule has 0 heterocycles. The molecule has 6 saturated carbocycles. The molecule has 6 fully saturated rings. The second kappa shape index (κ2) is 33.4. The molecule has 0 unspecified atom stereocenters. The molecule has 0 spiro atoms. The normalized spacial score (nSPS) is 22.4. The van der Waals surface area contributed by atoms with Gasteiger partial charge >= 0.3 is 32.7 Å². The summed E-state index contributed by atoms with van der Waals surface area (Å²) in [4.78, 5) is 22.2. The summed E-state index contributed by atoms with van der Waals surface area (Å²) in [5, 5.41) is 14.2. The van der Waals surface area contributed by atoms with Gasteiger partial charge in [0.2, 0.25) is 0 Å². The summed E-state index contributed by atoms with van der Waals surface area (Å²) in [6.45, 7) is 17.9. The van der Waals surface area contributed by atoms with Crippen LogP contribution in [0.5, 0.6) is 0 Å². The Labute approximate surface area is 403 Å². The van der Waals surface area contributed by atoms with E-state index in [1.165, 1.54) is 193 Å². The molecule has 348 valence electrons. The molecule has 0 aromatic carbocycles. The SMILES string of the molecule is CCN=C([N-]CC)N(C1CCCCC1)C1CCCCC1.CCN=C([N-]CC)N(C1CCCCC1)C1CCCCC1.CCN=C([N-]CC)N(C1CCCCC1)C1CCCCC1.[Y+3]. The second-order valence-corrected chi connectivity index (χ2v) is 18.7. The maximum Gasteiger partial charge on any atom is 3.00 e. The first-order valence-electron chi connectivity index (χ1n) is 26.6. The average Bonchev–Trinajstić information content (AvgIpc) is 3.30. The van der Waals surface area contributed by atoms with E-state index in [0.29, 0.717) is 36.3 Å². The number of rotatable bonds is 12. The predicted octanol–water partition coefficient (Wildman–Crippen LogP) is 14.2. The number of nitrogens with zero attached hydrogens (tertiary/aromatic N) is 9. The van der Waals surface area contributed by atoms with Crippen LogP contribution in [0.25, 0.3) is 16.0 Å². The molecule has 6 aliphatic rings. The van der Waals surface area contributed by atoms with Gasteiger partial charge in [0.25, 0.3) is 0 Å². The number of guanidine groups is 3. The Hall–Kier alpha value is -1.09. The molecular formula is C51H96N9Y. The molecule has 0 amide bonds. The molecule has 10 heteroatoms. The molecule has 9 nitrogen and oxygen atoms in total. The zero-order valence-electron chi connectivity index (χ0n) is 41.0. The molecule has 6 rings (SSSR count). The van der Waals surface area contributed by atoms with Crippen molar-refractivity contribution in [1.29, 1.82) is 0 Å². The van der Waals surface area contributed by atoms with E-state index in [9.17, 15) is 0 Å². The second-order valence-electron chi connectivity index (χ2n) is 18.7. The Bertz CT molecular complexity index is 962. The van der Waals surface area contributed by atoms with E-state index in [4.69, 9.17) is 30.9 Å². The third-order valence-corrected chi connectivity index (χ3v) is 14.3. The quantitative estimate of drug-likeness (QED) is 0.144. The minimum atomic E-state index is 0. The number of hydrogen-bond donors (Lipinski definition) is 0. The van der Waals surface area contributed by atoms with Crippen LogP contribution in [0, 0.1) is 0 Å². The van der Waals surface area contributed by atoms with Crippen molar-refractivity contribution in [2.45, 2.75) is 270 Å². The van der Waals surface area contributed by atoms with Crippen LogP contribution in [0.1, 0.15) is 234 Å². The van der Waals surface area contributed by atoms with Crippen molar-refractivity contribution in [1.82, 2.24) is 14.7 Å². The van der Waals surface area contributed by atoms with Gasteiger partial charge in [0, 0.05) is 17.9 Å². The van der Waals surface area contributed by atoms with E-state index < -0.39 is 0 Å². The van der Waals surface area contributed by atoms with Crippen LogP contribution in [0.4, 0.5) is 0 Å². The van der Waals surface area contributed by atoms with Crippen molar-refractivity contribution in [3.63, 3.8) is 0 Å². The van der Waals surface area contributed by atoms with Gasteiger partial charge in [-0.1, -0.05) is 157 Å². The Morgan fingerprint density at radius 3 is 0.607 bits per heavy atom. The third-order valence-electron chi connectivity index (χ3n) is 14.3. The number of hydrogen-bond acceptors (Lipinski definition) is 3. The van der Waals surface area contributed by atoms with Gasteiger partial charge in [-0.2, -0.15) is 0 Å². The minimum Gasteiger partial charge on any atom is -0.420 e. The predicted molar refractivity (Wildman–Crippen MR) is 262 cm³/mol. The minimum absolute atomic E-state index is 0. The molecule has 0 atom stereocenters. The van der Waals surface area contributed by atoms with Crippen LogP contribution < -0.4 is 0 Å². The van der Waals surface area contributed by atoms with Crippen LogP contribution in [-0.4, -0.2) is 108 Å². The van der Waals surface area contributed by atoms with E-state index in [0.717, 1.165) is 57.1 Å². The van der Waals surface area contributed by atoms with Crippen LogP contribution >= 0.6 is 0 Å². The van der Waals surface area contributed by atoms with E-state index in [1.807, 2.05) is 0 Å². The van der Waals surface area contributed by atoms with E-state index >= 15 is 0 Å². The molecule has 6 aliphatic carbocycles.